The van der Waals surface area contributed by atoms with Crippen LogP contribution in [0, 0.1) is 5.82 Å². The fourth-order valence-corrected chi connectivity index (χ4v) is 5.04. The molecule has 0 spiro atoms. The number of hydrogen-bond acceptors (Lipinski definition) is 7. The number of methoxy groups -OCH3 is 1. The molecule has 5 rings (SSSR count). The first-order chi connectivity index (χ1) is 15.4. The first-order valence-corrected chi connectivity index (χ1v) is 11.2. The lowest BCUT2D eigenvalue weighted by Gasteiger charge is -2.54. The summed E-state index contributed by atoms with van der Waals surface area (Å²) in [6.45, 7) is 7.36. The van der Waals surface area contributed by atoms with Crippen LogP contribution in [0.5, 0.6) is 5.88 Å². The van der Waals surface area contributed by atoms with Crippen LogP contribution < -0.4 is 10.1 Å². The predicted octanol–water partition coefficient (Wildman–Crippen LogP) is 3.98. The number of nitrogens with one attached hydrogen (secondary N) is 1. The average Bonchev–Trinajstić information content (AvgIpc) is 2.72. The molecule has 0 radical (unpaired) electrons. The van der Waals surface area contributed by atoms with Crippen molar-refractivity contribution in [3.8, 4) is 5.88 Å². The molecule has 1 unspecified atom stereocenters. The number of carbonyl (C=O) groups excluding carboxylic acids is 1. The van der Waals surface area contributed by atoms with Gasteiger partial charge in [0.2, 0.25) is 5.88 Å². The minimum absolute atomic E-state index is 0.0821. The van der Waals surface area contributed by atoms with Gasteiger partial charge in [0.25, 0.3) is 0 Å². The smallest absolute Gasteiger partial charge is 0.408 e. The van der Waals surface area contributed by atoms with E-state index >= 15 is 0 Å². The van der Waals surface area contributed by atoms with E-state index in [-0.39, 0.29) is 17.5 Å². The Hall–Kier alpha value is -2.52. The van der Waals surface area contributed by atoms with Gasteiger partial charge in [-0.05, 0) is 59.4 Å². The molecular formula is C24H32FN3O5. The maximum atomic E-state index is 15.0. The van der Waals surface area contributed by atoms with Gasteiger partial charge in [-0.25, -0.2) is 14.2 Å². The molecule has 3 aliphatic rings. The maximum Gasteiger partial charge on any atom is 0.408 e. The third-order valence-corrected chi connectivity index (χ3v) is 6.59. The third kappa shape index (κ3) is 4.75. The summed E-state index contributed by atoms with van der Waals surface area (Å²) in [4.78, 5) is 20.8. The highest BCUT2D eigenvalue weighted by Crippen LogP contribution is 2.49. The summed E-state index contributed by atoms with van der Waals surface area (Å²) in [6, 6.07) is 3.33. The van der Waals surface area contributed by atoms with E-state index in [9.17, 15) is 14.3 Å². The summed E-state index contributed by atoms with van der Waals surface area (Å²) < 4.78 is 31.8. The van der Waals surface area contributed by atoms with Gasteiger partial charge in [0.15, 0.2) is 0 Å². The Morgan fingerprint density at radius 3 is 2.52 bits per heavy atom. The summed E-state index contributed by atoms with van der Waals surface area (Å²) in [7, 11) is 1.48. The van der Waals surface area contributed by atoms with Gasteiger partial charge in [0, 0.05) is 18.1 Å². The number of amides is 1. The number of rotatable bonds is 5. The highest BCUT2D eigenvalue weighted by molar-refractivity contribution is 5.79. The zero-order valence-electron chi connectivity index (χ0n) is 19.8. The van der Waals surface area contributed by atoms with Crippen LogP contribution in [0.15, 0.2) is 18.3 Å². The van der Waals surface area contributed by atoms with E-state index in [4.69, 9.17) is 14.2 Å². The van der Waals surface area contributed by atoms with Gasteiger partial charge in [-0.15, -0.1) is 0 Å². The van der Waals surface area contributed by atoms with Crippen LogP contribution in [0.1, 0.15) is 65.4 Å². The standard InChI is InChI=1S/C24H32FN3O5/c1-21(2,3)33-20(29)28-23-8-10-24(11-9-23,32-14-23)13-22(4,30)18-15(25)12-26-16-6-7-17(31-5)27-19(16)18/h6-7,12,30H,8-11,13-14H2,1-5H3,(H,28,29). The molecule has 1 saturated carbocycles. The zero-order valence-corrected chi connectivity index (χ0v) is 19.8. The van der Waals surface area contributed by atoms with Crippen molar-refractivity contribution in [3.63, 3.8) is 0 Å². The Bertz CT molecular complexity index is 1040. The minimum Gasteiger partial charge on any atom is -0.481 e. The summed E-state index contributed by atoms with van der Waals surface area (Å²) >= 11 is 0. The first kappa shape index (κ1) is 23.6. The number of aliphatic hydroxyl groups is 1. The number of ether oxygens (including phenoxy) is 3. The number of alkyl carbamates (subject to hydrolysis) is 1. The number of nitrogens with zero attached hydrogens (tertiary/aromatic N) is 2. The molecule has 8 nitrogen and oxygen atoms in total. The highest BCUT2D eigenvalue weighted by atomic mass is 19.1. The molecule has 2 saturated heterocycles. The van der Waals surface area contributed by atoms with Crippen LogP contribution in [0.2, 0.25) is 0 Å². The molecule has 1 atom stereocenters. The van der Waals surface area contributed by atoms with E-state index in [0.717, 1.165) is 6.20 Å². The van der Waals surface area contributed by atoms with E-state index < -0.39 is 34.3 Å². The van der Waals surface area contributed by atoms with Crippen molar-refractivity contribution in [1.29, 1.82) is 0 Å². The van der Waals surface area contributed by atoms with E-state index in [0.29, 0.717) is 43.7 Å². The molecule has 180 valence electrons. The fourth-order valence-electron chi connectivity index (χ4n) is 5.04. The van der Waals surface area contributed by atoms with Gasteiger partial charge in [-0.2, -0.15) is 0 Å². The van der Waals surface area contributed by atoms with Gasteiger partial charge in [-0.3, -0.25) is 4.98 Å². The van der Waals surface area contributed by atoms with Crippen molar-refractivity contribution < 1.29 is 28.5 Å². The quantitative estimate of drug-likeness (QED) is 0.694. The number of aromatic nitrogens is 2. The van der Waals surface area contributed by atoms with Crippen LogP contribution in [0.3, 0.4) is 0 Å². The molecule has 1 aliphatic carbocycles. The molecule has 33 heavy (non-hydrogen) atoms. The van der Waals surface area contributed by atoms with Crippen molar-refractivity contribution in [2.75, 3.05) is 13.7 Å². The van der Waals surface area contributed by atoms with E-state index in [1.165, 1.54) is 7.11 Å². The van der Waals surface area contributed by atoms with Crippen molar-refractivity contribution >= 4 is 17.1 Å². The number of carbonyl (C=O) groups is 1. The number of pyridine rings is 2. The largest absolute Gasteiger partial charge is 0.481 e. The lowest BCUT2D eigenvalue weighted by molar-refractivity contribution is -0.187. The predicted molar refractivity (Wildman–Crippen MR) is 119 cm³/mol. The van der Waals surface area contributed by atoms with Crippen molar-refractivity contribution in [3.05, 3.63) is 29.7 Å². The number of hydrogen-bond donors (Lipinski definition) is 2. The van der Waals surface area contributed by atoms with Gasteiger partial charge in [0.1, 0.15) is 16.9 Å². The third-order valence-electron chi connectivity index (χ3n) is 6.59. The summed E-state index contributed by atoms with van der Waals surface area (Å²) in [5, 5.41) is 14.5. The second-order valence-electron chi connectivity index (χ2n) is 10.5. The van der Waals surface area contributed by atoms with Gasteiger partial charge >= 0.3 is 6.09 Å². The maximum absolute atomic E-state index is 15.0. The molecule has 9 heteroatoms. The van der Waals surface area contributed by atoms with E-state index in [1.54, 1.807) is 19.1 Å². The Kier molecular flexibility index (Phi) is 5.77. The molecule has 3 fully saturated rings. The van der Waals surface area contributed by atoms with Gasteiger partial charge < -0.3 is 24.6 Å². The second-order valence-corrected chi connectivity index (χ2v) is 10.5. The molecule has 2 aromatic heterocycles. The van der Waals surface area contributed by atoms with Crippen LogP contribution in [-0.2, 0) is 15.1 Å². The van der Waals surface area contributed by atoms with Crippen LogP contribution >= 0.6 is 0 Å². The molecule has 4 heterocycles. The van der Waals surface area contributed by atoms with Crippen LogP contribution in [0.25, 0.3) is 11.0 Å². The van der Waals surface area contributed by atoms with Crippen LogP contribution in [-0.4, -0.2) is 51.6 Å². The van der Waals surface area contributed by atoms with Crippen molar-refractivity contribution in [2.45, 2.75) is 82.1 Å². The lowest BCUT2D eigenvalue weighted by atomic mass is 9.67. The molecule has 2 aromatic rings. The topological polar surface area (TPSA) is 103 Å². The fraction of sp³-hybridized carbons (Fsp3) is 0.625. The normalized spacial score (nSPS) is 26.6. The molecule has 2 aliphatic heterocycles. The molecule has 2 bridgehead atoms. The summed E-state index contributed by atoms with van der Waals surface area (Å²) in [6.07, 6.45) is 3.47. The Morgan fingerprint density at radius 1 is 1.24 bits per heavy atom. The highest BCUT2D eigenvalue weighted by Gasteiger charge is 2.53. The molecular weight excluding hydrogens is 429 g/mol. The monoisotopic (exact) mass is 461 g/mol. The van der Waals surface area contributed by atoms with E-state index in [2.05, 4.69) is 15.3 Å². The average molecular weight is 462 g/mol. The SMILES string of the molecule is COc1ccc2ncc(F)c(C(C)(O)CC34CCC(NC(=O)OC(C)(C)C)(CC3)CO4)c2n1. The first-order valence-electron chi connectivity index (χ1n) is 11.2. The molecule has 1 amide bonds. The summed E-state index contributed by atoms with van der Waals surface area (Å²) in [5.41, 5.74) is -2.43. The van der Waals surface area contributed by atoms with Crippen molar-refractivity contribution in [2.24, 2.45) is 0 Å². The van der Waals surface area contributed by atoms with Crippen molar-refractivity contribution in [1.82, 2.24) is 15.3 Å². The van der Waals surface area contributed by atoms with Gasteiger partial charge in [0.05, 0.1) is 42.2 Å². The molecule has 0 aromatic carbocycles. The minimum atomic E-state index is -1.55. The number of halogens is 1. The van der Waals surface area contributed by atoms with E-state index in [1.807, 2.05) is 20.8 Å². The molecule has 2 N–H and O–H groups in total. The lowest BCUT2D eigenvalue weighted by Crippen LogP contribution is -2.64. The zero-order chi connectivity index (χ0) is 24.1. The van der Waals surface area contributed by atoms with Gasteiger partial charge in [-0.1, -0.05) is 0 Å². The second kappa shape index (κ2) is 8.06. The Balaban J connectivity index is 1.54. The Labute approximate surface area is 192 Å². The Morgan fingerprint density at radius 2 is 1.94 bits per heavy atom. The number of fused-ring (bicyclic) bond motifs is 4. The van der Waals surface area contributed by atoms with Crippen LogP contribution in [0.4, 0.5) is 9.18 Å². The summed E-state index contributed by atoms with van der Waals surface area (Å²) in [5.74, 6) is -0.313.